The Morgan fingerprint density at radius 2 is 2.05 bits per heavy atom. The molecular weight excluding hydrogens is 255 g/mol. The van der Waals surface area contributed by atoms with Gasteiger partial charge in [0.1, 0.15) is 18.2 Å². The molecule has 0 amide bonds. The topological polar surface area (TPSA) is 59.0 Å². The Hall–Kier alpha value is -2.38. The molecular formula is C16H15FN2O. The average Bonchev–Trinajstić information content (AvgIpc) is 2.46. The first-order valence-corrected chi connectivity index (χ1v) is 6.25. The largest absolute Gasteiger partial charge is 0.488 e. The van der Waals surface area contributed by atoms with Gasteiger partial charge >= 0.3 is 0 Å². The highest BCUT2D eigenvalue weighted by atomic mass is 19.1. The van der Waals surface area contributed by atoms with Crippen molar-refractivity contribution >= 4 is 0 Å². The maximum Gasteiger partial charge on any atom is 0.127 e. The van der Waals surface area contributed by atoms with E-state index in [4.69, 9.17) is 15.7 Å². The number of nitrogens with two attached hydrogens (primary N) is 1. The van der Waals surface area contributed by atoms with Crippen molar-refractivity contribution in [1.82, 2.24) is 0 Å². The maximum atomic E-state index is 13.2. The molecule has 3 nitrogen and oxygen atoms in total. The number of benzene rings is 2. The fourth-order valence-electron chi connectivity index (χ4n) is 2.02. The molecule has 102 valence electrons. The number of nitrogens with zero attached hydrogens (tertiary/aromatic N) is 1. The molecule has 20 heavy (non-hydrogen) atoms. The summed E-state index contributed by atoms with van der Waals surface area (Å²) in [6, 6.07) is 11.8. The minimum atomic E-state index is -0.383. The molecule has 0 aliphatic carbocycles. The SMILES string of the molecule is Cc1cccc(CN)c1OCc1cc(F)ccc1C#N. The fraction of sp³-hybridized carbons (Fsp3) is 0.188. The van der Waals surface area contributed by atoms with Gasteiger partial charge in [-0.1, -0.05) is 18.2 Å². The van der Waals surface area contributed by atoms with Crippen molar-refractivity contribution in [3.8, 4) is 11.8 Å². The Morgan fingerprint density at radius 1 is 1.25 bits per heavy atom. The first-order chi connectivity index (χ1) is 9.65. The van der Waals surface area contributed by atoms with Gasteiger partial charge in [0, 0.05) is 17.7 Å². The summed E-state index contributed by atoms with van der Waals surface area (Å²) in [7, 11) is 0. The van der Waals surface area contributed by atoms with Crippen LogP contribution in [0.25, 0.3) is 0 Å². The van der Waals surface area contributed by atoms with E-state index in [0.29, 0.717) is 23.4 Å². The molecule has 4 heteroatoms. The molecule has 0 atom stereocenters. The average molecular weight is 270 g/mol. The number of hydrogen-bond donors (Lipinski definition) is 1. The first kappa shape index (κ1) is 14.0. The Morgan fingerprint density at radius 3 is 2.75 bits per heavy atom. The Labute approximate surface area is 117 Å². The highest BCUT2D eigenvalue weighted by Gasteiger charge is 2.09. The second-order valence-corrected chi connectivity index (χ2v) is 4.47. The third kappa shape index (κ3) is 2.95. The minimum Gasteiger partial charge on any atom is -0.488 e. The number of rotatable bonds is 4. The lowest BCUT2D eigenvalue weighted by molar-refractivity contribution is 0.300. The zero-order chi connectivity index (χ0) is 14.5. The molecule has 2 aromatic rings. The molecule has 0 spiro atoms. The van der Waals surface area contributed by atoms with Crippen LogP contribution in [0.3, 0.4) is 0 Å². The molecule has 2 N–H and O–H groups in total. The number of para-hydroxylation sites is 1. The van der Waals surface area contributed by atoms with Gasteiger partial charge in [-0.3, -0.25) is 0 Å². The van der Waals surface area contributed by atoms with E-state index in [0.717, 1.165) is 11.1 Å². The van der Waals surface area contributed by atoms with Crippen LogP contribution < -0.4 is 10.5 Å². The van der Waals surface area contributed by atoms with Crippen molar-refractivity contribution in [1.29, 1.82) is 5.26 Å². The van der Waals surface area contributed by atoms with Crippen LogP contribution in [0.1, 0.15) is 22.3 Å². The van der Waals surface area contributed by atoms with E-state index in [1.54, 1.807) is 0 Å². The van der Waals surface area contributed by atoms with Crippen molar-refractivity contribution in [2.45, 2.75) is 20.1 Å². The Kier molecular flexibility index (Phi) is 4.34. The third-order valence-electron chi connectivity index (χ3n) is 3.07. The lowest BCUT2D eigenvalue weighted by atomic mass is 10.1. The van der Waals surface area contributed by atoms with E-state index in [1.807, 2.05) is 31.2 Å². The van der Waals surface area contributed by atoms with Crippen LogP contribution in [0, 0.1) is 24.1 Å². The second-order valence-electron chi connectivity index (χ2n) is 4.47. The molecule has 0 aliphatic rings. The van der Waals surface area contributed by atoms with Gasteiger partial charge in [0.25, 0.3) is 0 Å². The number of halogens is 1. The molecule has 0 heterocycles. The van der Waals surface area contributed by atoms with Gasteiger partial charge < -0.3 is 10.5 Å². The molecule has 0 aromatic heterocycles. The predicted octanol–water partition coefficient (Wildman–Crippen LogP) is 3.04. The molecule has 0 aliphatic heterocycles. The van der Waals surface area contributed by atoms with E-state index < -0.39 is 0 Å². The summed E-state index contributed by atoms with van der Waals surface area (Å²) in [4.78, 5) is 0. The number of ether oxygens (including phenoxy) is 1. The zero-order valence-corrected chi connectivity index (χ0v) is 11.2. The van der Waals surface area contributed by atoms with Crippen LogP contribution in [0.15, 0.2) is 36.4 Å². The van der Waals surface area contributed by atoms with Gasteiger partial charge in [-0.25, -0.2) is 4.39 Å². The van der Waals surface area contributed by atoms with Crippen molar-refractivity contribution in [2.75, 3.05) is 0 Å². The van der Waals surface area contributed by atoms with Crippen molar-refractivity contribution < 1.29 is 9.13 Å². The van der Waals surface area contributed by atoms with Crippen LogP contribution in [0.2, 0.25) is 0 Å². The second kappa shape index (κ2) is 6.18. The van der Waals surface area contributed by atoms with Crippen LogP contribution in [0.5, 0.6) is 5.75 Å². The summed E-state index contributed by atoms with van der Waals surface area (Å²) in [6.07, 6.45) is 0. The van der Waals surface area contributed by atoms with Crippen LogP contribution in [0.4, 0.5) is 4.39 Å². The summed E-state index contributed by atoms with van der Waals surface area (Å²) in [6.45, 7) is 2.43. The van der Waals surface area contributed by atoms with Crippen molar-refractivity contribution in [3.05, 3.63) is 64.5 Å². The summed E-state index contributed by atoms with van der Waals surface area (Å²) in [5.74, 6) is 0.314. The molecule has 0 bridgehead atoms. The monoisotopic (exact) mass is 270 g/mol. The van der Waals surface area contributed by atoms with Crippen LogP contribution >= 0.6 is 0 Å². The molecule has 0 radical (unpaired) electrons. The predicted molar refractivity (Wildman–Crippen MR) is 74.5 cm³/mol. The summed E-state index contributed by atoms with van der Waals surface area (Å²) >= 11 is 0. The van der Waals surface area contributed by atoms with Gasteiger partial charge in [-0.05, 0) is 30.7 Å². The molecule has 0 saturated heterocycles. The minimum absolute atomic E-state index is 0.137. The molecule has 0 fully saturated rings. The van der Waals surface area contributed by atoms with Crippen molar-refractivity contribution in [2.24, 2.45) is 5.73 Å². The standard InChI is InChI=1S/C16H15FN2O/c1-11-3-2-4-13(9-19)16(11)20-10-14-7-15(17)6-5-12(14)8-18/h2-7H,9-10,19H2,1H3. The lowest BCUT2D eigenvalue weighted by Crippen LogP contribution is -2.05. The van der Waals surface area contributed by atoms with Gasteiger partial charge in [-0.2, -0.15) is 5.26 Å². The molecule has 2 rings (SSSR count). The highest BCUT2D eigenvalue weighted by molar-refractivity contribution is 5.42. The zero-order valence-electron chi connectivity index (χ0n) is 11.2. The number of nitriles is 1. The van der Waals surface area contributed by atoms with Gasteiger partial charge in [0.2, 0.25) is 0 Å². The van der Waals surface area contributed by atoms with Crippen molar-refractivity contribution in [3.63, 3.8) is 0 Å². The van der Waals surface area contributed by atoms with E-state index in [-0.39, 0.29) is 12.4 Å². The quantitative estimate of drug-likeness (QED) is 0.929. The summed E-state index contributed by atoms with van der Waals surface area (Å²) < 4.78 is 19.0. The summed E-state index contributed by atoms with van der Waals surface area (Å²) in [5.41, 5.74) is 8.46. The van der Waals surface area contributed by atoms with Gasteiger partial charge in [-0.15, -0.1) is 0 Å². The summed E-state index contributed by atoms with van der Waals surface area (Å²) in [5, 5.41) is 9.01. The van der Waals surface area contributed by atoms with E-state index >= 15 is 0 Å². The van der Waals surface area contributed by atoms with Crippen LogP contribution in [-0.2, 0) is 13.2 Å². The fourth-order valence-corrected chi connectivity index (χ4v) is 2.02. The Bertz CT molecular complexity index is 662. The Balaban J connectivity index is 2.26. The third-order valence-corrected chi connectivity index (χ3v) is 3.07. The molecule has 0 unspecified atom stereocenters. The molecule has 0 saturated carbocycles. The molecule has 2 aromatic carbocycles. The number of aryl methyl sites for hydroxylation is 1. The first-order valence-electron chi connectivity index (χ1n) is 6.25. The van der Waals surface area contributed by atoms with Crippen LogP contribution in [-0.4, -0.2) is 0 Å². The highest BCUT2D eigenvalue weighted by Crippen LogP contribution is 2.24. The van der Waals surface area contributed by atoms with Gasteiger partial charge in [0.05, 0.1) is 11.6 Å². The van der Waals surface area contributed by atoms with E-state index in [1.165, 1.54) is 18.2 Å². The lowest BCUT2D eigenvalue weighted by Gasteiger charge is -2.13. The van der Waals surface area contributed by atoms with E-state index in [2.05, 4.69) is 0 Å². The number of hydrogen-bond acceptors (Lipinski definition) is 3. The maximum absolute atomic E-state index is 13.2. The van der Waals surface area contributed by atoms with E-state index in [9.17, 15) is 4.39 Å². The smallest absolute Gasteiger partial charge is 0.127 e. The van der Waals surface area contributed by atoms with Gasteiger partial charge in [0.15, 0.2) is 0 Å². The normalized spacial score (nSPS) is 10.1.